The molecule has 78 valence electrons. The van der Waals surface area contributed by atoms with Crippen molar-refractivity contribution in [3.8, 4) is 0 Å². The van der Waals surface area contributed by atoms with Gasteiger partial charge in [0, 0.05) is 13.5 Å². The van der Waals surface area contributed by atoms with E-state index in [1.165, 1.54) is 0 Å². The second kappa shape index (κ2) is 4.94. The van der Waals surface area contributed by atoms with E-state index in [-0.39, 0.29) is 5.78 Å². The van der Waals surface area contributed by atoms with Crippen LogP contribution in [0.4, 0.5) is 0 Å². The Balaban J connectivity index is 2.63. The number of hydrogen-bond donors (Lipinski definition) is 0. The minimum Gasteiger partial charge on any atom is -0.331 e. The third kappa shape index (κ3) is 2.44. The SMILES string of the molecule is CCC(CC)CC(=O)c1cncn1C. The fraction of sp³-hybridized carbons (Fsp3) is 0.636. The summed E-state index contributed by atoms with van der Waals surface area (Å²) in [5.74, 6) is 0.719. The number of rotatable bonds is 5. The number of carbonyl (C=O) groups excluding carboxylic acids is 1. The lowest BCUT2D eigenvalue weighted by Gasteiger charge is -2.10. The predicted octanol–water partition coefficient (Wildman–Crippen LogP) is 2.43. The summed E-state index contributed by atoms with van der Waals surface area (Å²) in [7, 11) is 1.85. The molecule has 3 nitrogen and oxygen atoms in total. The lowest BCUT2D eigenvalue weighted by Crippen LogP contribution is -2.10. The number of hydrogen-bond acceptors (Lipinski definition) is 2. The molecule has 0 spiro atoms. The summed E-state index contributed by atoms with van der Waals surface area (Å²) in [6, 6.07) is 0. The van der Waals surface area contributed by atoms with Gasteiger partial charge in [0.05, 0.1) is 12.5 Å². The maximum Gasteiger partial charge on any atom is 0.181 e. The first kappa shape index (κ1) is 11.0. The van der Waals surface area contributed by atoms with Gasteiger partial charge in [0.15, 0.2) is 5.78 Å². The van der Waals surface area contributed by atoms with Crippen LogP contribution in [-0.2, 0) is 7.05 Å². The number of Topliss-reactive ketones (excluding diaryl/α,β-unsaturated/α-hetero) is 1. The minimum absolute atomic E-state index is 0.207. The predicted molar refractivity (Wildman–Crippen MR) is 56.2 cm³/mol. The van der Waals surface area contributed by atoms with Gasteiger partial charge in [-0.25, -0.2) is 4.98 Å². The first-order valence-corrected chi connectivity index (χ1v) is 5.18. The van der Waals surface area contributed by atoms with Crippen molar-refractivity contribution in [1.82, 2.24) is 9.55 Å². The summed E-state index contributed by atoms with van der Waals surface area (Å²) in [6.07, 6.45) is 6.09. The van der Waals surface area contributed by atoms with Gasteiger partial charge in [-0.15, -0.1) is 0 Å². The van der Waals surface area contributed by atoms with E-state index in [4.69, 9.17) is 0 Å². The zero-order valence-corrected chi connectivity index (χ0v) is 9.16. The number of nitrogens with zero attached hydrogens (tertiary/aromatic N) is 2. The Morgan fingerprint density at radius 3 is 2.57 bits per heavy atom. The summed E-state index contributed by atoms with van der Waals surface area (Å²) in [5.41, 5.74) is 0.719. The van der Waals surface area contributed by atoms with Gasteiger partial charge in [-0.05, 0) is 5.92 Å². The molecule has 1 rings (SSSR count). The molecule has 0 aromatic carbocycles. The topological polar surface area (TPSA) is 34.9 Å². The molecule has 1 heterocycles. The van der Waals surface area contributed by atoms with Crippen LogP contribution in [0.1, 0.15) is 43.6 Å². The molecule has 0 amide bonds. The van der Waals surface area contributed by atoms with Crippen LogP contribution in [0.25, 0.3) is 0 Å². The second-order valence-electron chi connectivity index (χ2n) is 3.70. The van der Waals surface area contributed by atoms with Crippen LogP contribution in [0.15, 0.2) is 12.5 Å². The van der Waals surface area contributed by atoms with E-state index >= 15 is 0 Å². The molecule has 0 aliphatic rings. The second-order valence-corrected chi connectivity index (χ2v) is 3.70. The molecule has 0 atom stereocenters. The van der Waals surface area contributed by atoms with Crippen molar-refractivity contribution >= 4 is 5.78 Å². The monoisotopic (exact) mass is 194 g/mol. The van der Waals surface area contributed by atoms with Gasteiger partial charge in [-0.2, -0.15) is 0 Å². The largest absolute Gasteiger partial charge is 0.331 e. The van der Waals surface area contributed by atoms with Crippen LogP contribution in [0, 0.1) is 5.92 Å². The van der Waals surface area contributed by atoms with Crippen molar-refractivity contribution in [1.29, 1.82) is 0 Å². The van der Waals surface area contributed by atoms with Crippen LogP contribution in [0.3, 0.4) is 0 Å². The highest BCUT2D eigenvalue weighted by molar-refractivity contribution is 5.94. The van der Waals surface area contributed by atoms with Crippen LogP contribution >= 0.6 is 0 Å². The standard InChI is InChI=1S/C11H18N2O/c1-4-9(5-2)6-11(14)10-7-12-8-13(10)3/h7-9H,4-6H2,1-3H3. The summed E-state index contributed by atoms with van der Waals surface area (Å²) in [5, 5.41) is 0. The van der Waals surface area contributed by atoms with E-state index in [2.05, 4.69) is 18.8 Å². The summed E-state index contributed by atoms with van der Waals surface area (Å²) in [4.78, 5) is 15.7. The normalized spacial score (nSPS) is 10.9. The van der Waals surface area contributed by atoms with Gasteiger partial charge in [-0.1, -0.05) is 26.7 Å². The fourth-order valence-electron chi connectivity index (χ4n) is 1.57. The van der Waals surface area contributed by atoms with Crippen LogP contribution in [-0.4, -0.2) is 15.3 Å². The van der Waals surface area contributed by atoms with E-state index in [9.17, 15) is 4.79 Å². The maximum absolute atomic E-state index is 11.8. The summed E-state index contributed by atoms with van der Waals surface area (Å²) >= 11 is 0. The third-order valence-electron chi connectivity index (χ3n) is 2.73. The highest BCUT2D eigenvalue weighted by Crippen LogP contribution is 2.15. The number of aryl methyl sites for hydroxylation is 1. The molecule has 0 N–H and O–H groups in total. The number of aromatic nitrogens is 2. The van der Waals surface area contributed by atoms with Crippen molar-refractivity contribution in [2.24, 2.45) is 13.0 Å². The molecule has 0 bridgehead atoms. The molecular weight excluding hydrogens is 176 g/mol. The van der Waals surface area contributed by atoms with Crippen LogP contribution in [0.5, 0.6) is 0 Å². The zero-order chi connectivity index (χ0) is 10.6. The molecule has 1 aromatic heterocycles. The van der Waals surface area contributed by atoms with Crippen molar-refractivity contribution in [3.63, 3.8) is 0 Å². The van der Waals surface area contributed by atoms with E-state index in [1.807, 2.05) is 7.05 Å². The van der Waals surface area contributed by atoms with Gasteiger partial charge < -0.3 is 4.57 Å². The number of imidazole rings is 1. The summed E-state index contributed by atoms with van der Waals surface area (Å²) in [6.45, 7) is 4.26. The highest BCUT2D eigenvalue weighted by atomic mass is 16.1. The Hall–Kier alpha value is -1.12. The zero-order valence-electron chi connectivity index (χ0n) is 9.16. The Morgan fingerprint density at radius 2 is 2.14 bits per heavy atom. The highest BCUT2D eigenvalue weighted by Gasteiger charge is 2.14. The van der Waals surface area contributed by atoms with Gasteiger partial charge >= 0.3 is 0 Å². The van der Waals surface area contributed by atoms with Crippen molar-refractivity contribution in [2.75, 3.05) is 0 Å². The molecule has 14 heavy (non-hydrogen) atoms. The average Bonchev–Trinajstić information content (AvgIpc) is 2.60. The van der Waals surface area contributed by atoms with Gasteiger partial charge in [-0.3, -0.25) is 4.79 Å². The Bertz CT molecular complexity index is 300. The molecule has 0 saturated carbocycles. The third-order valence-corrected chi connectivity index (χ3v) is 2.73. The Kier molecular flexibility index (Phi) is 3.86. The van der Waals surface area contributed by atoms with Crippen molar-refractivity contribution in [3.05, 3.63) is 18.2 Å². The van der Waals surface area contributed by atoms with Gasteiger partial charge in [0.2, 0.25) is 0 Å². The van der Waals surface area contributed by atoms with E-state index < -0.39 is 0 Å². The first-order chi connectivity index (χ1) is 6.69. The smallest absolute Gasteiger partial charge is 0.181 e. The van der Waals surface area contributed by atoms with E-state index in [0.717, 1.165) is 18.5 Å². The Labute approximate surface area is 85.2 Å². The number of carbonyl (C=O) groups is 1. The lowest BCUT2D eigenvalue weighted by atomic mass is 9.96. The molecule has 0 radical (unpaired) electrons. The molecule has 0 fully saturated rings. The van der Waals surface area contributed by atoms with Crippen LogP contribution in [0.2, 0.25) is 0 Å². The molecule has 1 aromatic rings. The molecule has 0 unspecified atom stereocenters. The van der Waals surface area contributed by atoms with Crippen molar-refractivity contribution in [2.45, 2.75) is 33.1 Å². The van der Waals surface area contributed by atoms with E-state index in [1.54, 1.807) is 17.1 Å². The lowest BCUT2D eigenvalue weighted by molar-refractivity contribution is 0.0950. The van der Waals surface area contributed by atoms with E-state index in [0.29, 0.717) is 12.3 Å². The minimum atomic E-state index is 0.207. The van der Waals surface area contributed by atoms with Gasteiger partial charge in [0.25, 0.3) is 0 Å². The molecule has 0 saturated heterocycles. The number of ketones is 1. The summed E-state index contributed by atoms with van der Waals surface area (Å²) < 4.78 is 1.78. The van der Waals surface area contributed by atoms with Crippen molar-refractivity contribution < 1.29 is 4.79 Å². The fourth-order valence-corrected chi connectivity index (χ4v) is 1.57. The molecular formula is C11H18N2O. The molecule has 0 aliphatic heterocycles. The first-order valence-electron chi connectivity index (χ1n) is 5.18. The van der Waals surface area contributed by atoms with Crippen LogP contribution < -0.4 is 0 Å². The maximum atomic E-state index is 11.8. The van der Waals surface area contributed by atoms with Gasteiger partial charge in [0.1, 0.15) is 5.69 Å². The Morgan fingerprint density at radius 1 is 1.50 bits per heavy atom. The average molecular weight is 194 g/mol. The quantitative estimate of drug-likeness (QED) is 0.675. The molecule has 0 aliphatic carbocycles. The molecule has 3 heteroatoms.